The second-order valence-corrected chi connectivity index (χ2v) is 7.34. The SMILES string of the molecule is Cc1ccc(NC2=[NH+]C(c3cc([N+](=O)[O-])ccc3Cl)n3c(nc(C)cc3=O)N2)cc1. The largest absolute Gasteiger partial charge is 0.357 e. The standard InChI is InChI=1S/C20H17ClN6O3/c1-11-3-5-13(6-4-11)23-19-24-18(15-10-14(27(29)30)7-8-16(15)21)26-17(28)9-12(2)22-20(26)25-19/h3-10,18H,1-2H3,(H2,22,23,24,25)/p+1. The summed E-state index contributed by atoms with van der Waals surface area (Å²) in [6.45, 7) is 3.71. The molecular formula is C20H18ClN6O3+. The first-order valence-corrected chi connectivity index (χ1v) is 9.48. The summed E-state index contributed by atoms with van der Waals surface area (Å²) in [5.74, 6) is 0.755. The summed E-state index contributed by atoms with van der Waals surface area (Å²) < 4.78 is 1.37. The fourth-order valence-electron chi connectivity index (χ4n) is 3.21. The van der Waals surface area contributed by atoms with E-state index in [-0.39, 0.29) is 16.3 Å². The van der Waals surface area contributed by atoms with Crippen LogP contribution in [-0.4, -0.2) is 20.4 Å². The molecule has 0 spiro atoms. The topological polar surface area (TPSA) is 116 Å². The maximum atomic E-state index is 12.7. The molecule has 4 rings (SSSR count). The molecule has 30 heavy (non-hydrogen) atoms. The highest BCUT2D eigenvalue weighted by atomic mass is 35.5. The average molecular weight is 426 g/mol. The van der Waals surface area contributed by atoms with Gasteiger partial charge >= 0.3 is 5.96 Å². The molecule has 0 aliphatic carbocycles. The van der Waals surface area contributed by atoms with Crippen molar-refractivity contribution in [1.82, 2.24) is 9.55 Å². The van der Waals surface area contributed by atoms with E-state index >= 15 is 0 Å². The van der Waals surface area contributed by atoms with Gasteiger partial charge in [-0.1, -0.05) is 29.3 Å². The Bertz CT molecular complexity index is 1240. The Kier molecular flexibility index (Phi) is 4.96. The van der Waals surface area contributed by atoms with E-state index in [1.54, 1.807) is 6.92 Å². The van der Waals surface area contributed by atoms with Gasteiger partial charge in [-0.2, -0.15) is 0 Å². The summed E-state index contributed by atoms with van der Waals surface area (Å²) in [5, 5.41) is 17.8. The van der Waals surface area contributed by atoms with E-state index in [0.717, 1.165) is 11.3 Å². The maximum Gasteiger partial charge on any atom is 0.357 e. The minimum atomic E-state index is -0.804. The van der Waals surface area contributed by atoms with Crippen LogP contribution in [0.15, 0.2) is 53.3 Å². The number of non-ortho nitro benzene ring substituents is 1. The van der Waals surface area contributed by atoms with E-state index in [4.69, 9.17) is 11.6 Å². The monoisotopic (exact) mass is 425 g/mol. The van der Waals surface area contributed by atoms with Crippen LogP contribution in [-0.2, 0) is 0 Å². The van der Waals surface area contributed by atoms with Gasteiger partial charge in [0.2, 0.25) is 0 Å². The molecule has 1 atom stereocenters. The molecule has 1 aliphatic rings. The van der Waals surface area contributed by atoms with Crippen molar-refractivity contribution in [3.05, 3.63) is 90.8 Å². The fraction of sp³-hybridized carbons (Fsp3) is 0.150. The van der Waals surface area contributed by atoms with E-state index in [1.165, 1.54) is 28.8 Å². The van der Waals surface area contributed by atoms with Crippen LogP contribution in [0.1, 0.15) is 23.0 Å². The summed E-state index contributed by atoms with van der Waals surface area (Å²) in [5.41, 5.74) is 2.40. The quantitative estimate of drug-likeness (QED) is 0.436. The molecule has 2 aromatic carbocycles. The molecule has 0 radical (unpaired) electrons. The Morgan fingerprint density at radius 1 is 1.20 bits per heavy atom. The zero-order valence-corrected chi connectivity index (χ0v) is 16.9. The Hall–Kier alpha value is -3.72. The number of nitro groups is 1. The van der Waals surface area contributed by atoms with Gasteiger partial charge in [-0.25, -0.2) is 20.2 Å². The third kappa shape index (κ3) is 3.74. The minimum Gasteiger partial charge on any atom is -0.269 e. The van der Waals surface area contributed by atoms with Crippen LogP contribution >= 0.6 is 11.6 Å². The molecule has 0 amide bonds. The molecule has 2 heterocycles. The number of nitrogens with one attached hydrogen (secondary N) is 3. The van der Waals surface area contributed by atoms with Gasteiger partial charge in [-0.15, -0.1) is 0 Å². The van der Waals surface area contributed by atoms with E-state index in [2.05, 4.69) is 20.6 Å². The van der Waals surface area contributed by atoms with Crippen LogP contribution in [0.2, 0.25) is 5.02 Å². The molecule has 0 saturated heterocycles. The molecule has 1 aliphatic heterocycles. The third-order valence-corrected chi connectivity index (χ3v) is 5.01. The number of anilines is 2. The number of hydrogen-bond donors (Lipinski definition) is 3. The molecule has 3 N–H and O–H groups in total. The first-order chi connectivity index (χ1) is 14.3. The second kappa shape index (κ2) is 7.60. The Morgan fingerprint density at radius 2 is 1.93 bits per heavy atom. The molecule has 0 saturated carbocycles. The van der Waals surface area contributed by atoms with Crippen molar-refractivity contribution >= 4 is 34.9 Å². The van der Waals surface area contributed by atoms with Gasteiger partial charge in [0.25, 0.3) is 17.2 Å². The summed E-state index contributed by atoms with van der Waals surface area (Å²) in [6, 6.07) is 13.2. The normalized spacial score (nSPS) is 15.0. The van der Waals surface area contributed by atoms with E-state index in [1.807, 2.05) is 31.2 Å². The minimum absolute atomic E-state index is 0.127. The fourth-order valence-corrected chi connectivity index (χ4v) is 3.43. The van der Waals surface area contributed by atoms with Crippen LogP contribution in [0.5, 0.6) is 0 Å². The van der Waals surface area contributed by atoms with Crippen LogP contribution in [0, 0.1) is 24.0 Å². The number of nitro benzene ring substituents is 1. The van der Waals surface area contributed by atoms with Crippen molar-refractivity contribution in [2.24, 2.45) is 0 Å². The summed E-state index contributed by atoms with van der Waals surface area (Å²) in [7, 11) is 0. The maximum absolute atomic E-state index is 12.7. The molecule has 152 valence electrons. The molecule has 0 bridgehead atoms. The lowest BCUT2D eigenvalue weighted by atomic mass is 10.1. The van der Waals surface area contributed by atoms with Gasteiger partial charge in [0.05, 0.1) is 10.6 Å². The van der Waals surface area contributed by atoms with Gasteiger partial charge < -0.3 is 0 Å². The van der Waals surface area contributed by atoms with Gasteiger partial charge in [-0.3, -0.25) is 19.9 Å². The van der Waals surface area contributed by atoms with Gasteiger partial charge in [0, 0.05) is 34.5 Å². The highest BCUT2D eigenvalue weighted by molar-refractivity contribution is 6.31. The van der Waals surface area contributed by atoms with Crippen molar-refractivity contribution in [3.8, 4) is 0 Å². The number of halogens is 1. The molecule has 1 unspecified atom stereocenters. The van der Waals surface area contributed by atoms with Gasteiger partial charge in [0.1, 0.15) is 0 Å². The number of fused-ring (bicyclic) bond motifs is 1. The van der Waals surface area contributed by atoms with E-state index in [9.17, 15) is 14.9 Å². The number of aromatic nitrogens is 2. The van der Waals surface area contributed by atoms with Crippen molar-refractivity contribution < 1.29 is 9.92 Å². The van der Waals surface area contributed by atoms with Crippen molar-refractivity contribution in [3.63, 3.8) is 0 Å². The molecule has 1 aromatic heterocycles. The Balaban J connectivity index is 1.85. The van der Waals surface area contributed by atoms with Crippen LogP contribution in [0.3, 0.4) is 0 Å². The first-order valence-electron chi connectivity index (χ1n) is 9.10. The number of rotatable bonds is 3. The summed E-state index contributed by atoms with van der Waals surface area (Å²) in [4.78, 5) is 31.1. The van der Waals surface area contributed by atoms with Crippen molar-refractivity contribution in [1.29, 1.82) is 0 Å². The lowest BCUT2D eigenvalue weighted by Crippen LogP contribution is -2.82. The van der Waals surface area contributed by atoms with Gasteiger partial charge in [0.15, 0.2) is 6.17 Å². The first kappa shape index (κ1) is 19.6. The van der Waals surface area contributed by atoms with Crippen LogP contribution < -0.4 is 21.2 Å². The predicted molar refractivity (Wildman–Crippen MR) is 114 cm³/mol. The summed E-state index contributed by atoms with van der Waals surface area (Å²) >= 11 is 6.36. The number of aryl methyl sites for hydroxylation is 2. The second-order valence-electron chi connectivity index (χ2n) is 6.93. The number of nitrogens with zero attached hydrogens (tertiary/aromatic N) is 3. The molecular weight excluding hydrogens is 408 g/mol. The Morgan fingerprint density at radius 3 is 2.63 bits per heavy atom. The zero-order chi connectivity index (χ0) is 21.4. The highest BCUT2D eigenvalue weighted by Crippen LogP contribution is 2.28. The van der Waals surface area contributed by atoms with E-state index in [0.29, 0.717) is 23.2 Å². The summed E-state index contributed by atoms with van der Waals surface area (Å²) in [6.07, 6.45) is -0.804. The van der Waals surface area contributed by atoms with Crippen LogP contribution in [0.25, 0.3) is 0 Å². The smallest absolute Gasteiger partial charge is 0.269 e. The van der Waals surface area contributed by atoms with Gasteiger partial charge in [-0.05, 0) is 32.0 Å². The molecule has 0 fully saturated rings. The lowest BCUT2D eigenvalue weighted by molar-refractivity contribution is -0.520. The highest BCUT2D eigenvalue weighted by Gasteiger charge is 2.31. The lowest BCUT2D eigenvalue weighted by Gasteiger charge is -2.23. The molecule has 10 heteroatoms. The van der Waals surface area contributed by atoms with Crippen LogP contribution in [0.4, 0.5) is 17.3 Å². The van der Waals surface area contributed by atoms with E-state index < -0.39 is 11.1 Å². The average Bonchev–Trinajstić information content (AvgIpc) is 2.69. The number of hydrogen-bond acceptors (Lipinski definition) is 6. The predicted octanol–water partition coefficient (Wildman–Crippen LogP) is 1.94. The Labute approximate surface area is 176 Å². The number of benzene rings is 2. The molecule has 3 aromatic rings. The van der Waals surface area contributed by atoms with Crippen molar-refractivity contribution in [2.75, 3.05) is 10.6 Å². The zero-order valence-electron chi connectivity index (χ0n) is 16.1. The molecule has 9 nitrogen and oxygen atoms in total. The van der Waals surface area contributed by atoms with Crippen molar-refractivity contribution in [2.45, 2.75) is 20.0 Å². The third-order valence-electron chi connectivity index (χ3n) is 4.66. The number of guanidine groups is 1.